The lowest BCUT2D eigenvalue weighted by Gasteiger charge is -2.16. The van der Waals surface area contributed by atoms with Gasteiger partial charge in [0.2, 0.25) is 0 Å². The summed E-state index contributed by atoms with van der Waals surface area (Å²) in [5.41, 5.74) is 0.627. The molecule has 1 aromatic rings. The SMILES string of the molecule is CC(C)n1cc(NC(=O)NCC2CCCC2C(=O)O)cn1. The average molecular weight is 294 g/mol. The van der Waals surface area contributed by atoms with Gasteiger partial charge in [0.25, 0.3) is 0 Å². The van der Waals surface area contributed by atoms with Gasteiger partial charge in [-0.25, -0.2) is 4.79 Å². The molecule has 116 valence electrons. The van der Waals surface area contributed by atoms with Crippen molar-refractivity contribution in [2.45, 2.75) is 39.2 Å². The van der Waals surface area contributed by atoms with E-state index < -0.39 is 5.97 Å². The van der Waals surface area contributed by atoms with Crippen LogP contribution in [0.2, 0.25) is 0 Å². The molecule has 0 radical (unpaired) electrons. The third kappa shape index (κ3) is 3.96. The van der Waals surface area contributed by atoms with Gasteiger partial charge < -0.3 is 15.7 Å². The lowest BCUT2D eigenvalue weighted by atomic mass is 9.96. The van der Waals surface area contributed by atoms with Crippen molar-refractivity contribution >= 4 is 17.7 Å². The van der Waals surface area contributed by atoms with Crippen molar-refractivity contribution in [3.8, 4) is 0 Å². The van der Waals surface area contributed by atoms with Crippen LogP contribution in [0.4, 0.5) is 10.5 Å². The molecule has 2 amide bonds. The van der Waals surface area contributed by atoms with Crippen molar-refractivity contribution in [2.75, 3.05) is 11.9 Å². The molecular weight excluding hydrogens is 272 g/mol. The van der Waals surface area contributed by atoms with E-state index in [1.165, 1.54) is 0 Å². The summed E-state index contributed by atoms with van der Waals surface area (Å²) in [4.78, 5) is 22.9. The number of carboxylic acid groups (broad SMARTS) is 1. The van der Waals surface area contributed by atoms with Gasteiger partial charge in [-0.05, 0) is 32.6 Å². The van der Waals surface area contributed by atoms with Gasteiger partial charge in [-0.3, -0.25) is 9.48 Å². The van der Waals surface area contributed by atoms with Crippen molar-refractivity contribution in [2.24, 2.45) is 11.8 Å². The molecule has 1 aromatic heterocycles. The number of aliphatic carboxylic acids is 1. The molecule has 1 heterocycles. The zero-order chi connectivity index (χ0) is 15.4. The summed E-state index contributed by atoms with van der Waals surface area (Å²) in [5, 5.41) is 18.7. The number of nitrogens with zero attached hydrogens (tertiary/aromatic N) is 2. The monoisotopic (exact) mass is 294 g/mol. The summed E-state index contributed by atoms with van der Waals surface area (Å²) in [5.74, 6) is -1.08. The minimum absolute atomic E-state index is 0.0200. The van der Waals surface area contributed by atoms with Crippen molar-refractivity contribution in [1.82, 2.24) is 15.1 Å². The van der Waals surface area contributed by atoms with Crippen LogP contribution in [0.1, 0.15) is 39.2 Å². The second-order valence-corrected chi connectivity index (χ2v) is 5.77. The molecule has 0 aliphatic heterocycles. The molecule has 1 fully saturated rings. The molecule has 2 unspecified atom stereocenters. The molecule has 1 aliphatic carbocycles. The predicted octanol–water partition coefficient (Wildman–Crippen LogP) is 2.09. The number of amides is 2. The molecule has 7 heteroatoms. The Morgan fingerprint density at radius 1 is 1.48 bits per heavy atom. The summed E-state index contributed by atoms with van der Waals surface area (Å²) in [6, 6.07) is -0.0900. The second-order valence-electron chi connectivity index (χ2n) is 5.77. The highest BCUT2D eigenvalue weighted by molar-refractivity contribution is 5.88. The number of nitrogens with one attached hydrogen (secondary N) is 2. The first-order chi connectivity index (χ1) is 9.97. The van der Waals surface area contributed by atoms with E-state index in [-0.39, 0.29) is 23.9 Å². The van der Waals surface area contributed by atoms with E-state index in [2.05, 4.69) is 15.7 Å². The first kappa shape index (κ1) is 15.3. The third-order valence-corrected chi connectivity index (χ3v) is 3.89. The van der Waals surface area contributed by atoms with Crippen LogP contribution < -0.4 is 10.6 Å². The second kappa shape index (κ2) is 6.60. The number of hydrogen-bond donors (Lipinski definition) is 3. The molecular formula is C14H22N4O3. The Morgan fingerprint density at radius 3 is 2.86 bits per heavy atom. The van der Waals surface area contributed by atoms with Crippen molar-refractivity contribution in [3.63, 3.8) is 0 Å². The minimum atomic E-state index is -0.766. The van der Waals surface area contributed by atoms with Crippen LogP contribution in [0.3, 0.4) is 0 Å². The van der Waals surface area contributed by atoms with E-state index in [9.17, 15) is 9.59 Å². The molecule has 1 aliphatic rings. The maximum atomic E-state index is 11.8. The summed E-state index contributed by atoms with van der Waals surface area (Å²) < 4.78 is 1.76. The lowest BCUT2D eigenvalue weighted by molar-refractivity contribution is -0.142. The molecule has 2 rings (SSSR count). The topological polar surface area (TPSA) is 96.2 Å². The molecule has 2 atom stereocenters. The number of carboxylic acids is 1. The van der Waals surface area contributed by atoms with Crippen LogP contribution in [0.25, 0.3) is 0 Å². The van der Waals surface area contributed by atoms with Crippen LogP contribution in [-0.4, -0.2) is 33.4 Å². The fourth-order valence-corrected chi connectivity index (χ4v) is 2.69. The van der Waals surface area contributed by atoms with E-state index >= 15 is 0 Å². The highest BCUT2D eigenvalue weighted by Crippen LogP contribution is 2.31. The Balaban J connectivity index is 1.80. The number of hydrogen-bond acceptors (Lipinski definition) is 3. The number of aromatic nitrogens is 2. The van der Waals surface area contributed by atoms with Gasteiger partial charge in [0.1, 0.15) is 0 Å². The highest BCUT2D eigenvalue weighted by Gasteiger charge is 2.32. The number of urea groups is 1. The first-order valence-corrected chi connectivity index (χ1v) is 7.29. The fraction of sp³-hybridized carbons (Fsp3) is 0.643. The normalized spacial score (nSPS) is 21.5. The number of anilines is 1. The van der Waals surface area contributed by atoms with Gasteiger partial charge in [0, 0.05) is 18.8 Å². The molecule has 3 N–H and O–H groups in total. The van der Waals surface area contributed by atoms with Crippen LogP contribution in [0, 0.1) is 11.8 Å². The Kier molecular flexibility index (Phi) is 4.82. The fourth-order valence-electron chi connectivity index (χ4n) is 2.69. The van der Waals surface area contributed by atoms with Gasteiger partial charge in [0.05, 0.1) is 17.8 Å². The van der Waals surface area contributed by atoms with E-state index in [0.29, 0.717) is 18.7 Å². The Labute approximate surface area is 123 Å². The van der Waals surface area contributed by atoms with Crippen molar-refractivity contribution < 1.29 is 14.7 Å². The van der Waals surface area contributed by atoms with E-state index in [4.69, 9.17) is 5.11 Å². The molecule has 0 saturated heterocycles. The minimum Gasteiger partial charge on any atom is -0.481 e. The van der Waals surface area contributed by atoms with Gasteiger partial charge >= 0.3 is 12.0 Å². The summed E-state index contributed by atoms with van der Waals surface area (Å²) >= 11 is 0. The van der Waals surface area contributed by atoms with Crippen molar-refractivity contribution in [3.05, 3.63) is 12.4 Å². The highest BCUT2D eigenvalue weighted by atomic mass is 16.4. The number of rotatable bonds is 5. The molecule has 7 nitrogen and oxygen atoms in total. The van der Waals surface area contributed by atoms with Crippen molar-refractivity contribution in [1.29, 1.82) is 0 Å². The van der Waals surface area contributed by atoms with E-state index in [1.54, 1.807) is 17.1 Å². The average Bonchev–Trinajstić information content (AvgIpc) is 3.04. The lowest BCUT2D eigenvalue weighted by Crippen LogP contribution is -2.35. The predicted molar refractivity (Wildman–Crippen MR) is 78.1 cm³/mol. The number of carbonyl (C=O) groups excluding carboxylic acids is 1. The summed E-state index contributed by atoms with van der Waals surface area (Å²) in [6.07, 6.45) is 5.81. The Bertz CT molecular complexity index is 512. The van der Waals surface area contributed by atoms with Crippen LogP contribution in [-0.2, 0) is 4.79 Å². The molecule has 1 saturated carbocycles. The van der Waals surface area contributed by atoms with Gasteiger partial charge in [0.15, 0.2) is 0 Å². The molecule has 0 aromatic carbocycles. The zero-order valence-electron chi connectivity index (χ0n) is 12.4. The third-order valence-electron chi connectivity index (χ3n) is 3.89. The quantitative estimate of drug-likeness (QED) is 0.774. The van der Waals surface area contributed by atoms with Crippen LogP contribution in [0.5, 0.6) is 0 Å². The van der Waals surface area contributed by atoms with Gasteiger partial charge in [-0.1, -0.05) is 6.42 Å². The Hall–Kier alpha value is -2.05. The Morgan fingerprint density at radius 2 is 2.24 bits per heavy atom. The standard InChI is InChI=1S/C14H22N4O3/c1-9(2)18-8-11(7-16-18)17-14(21)15-6-10-4-3-5-12(10)13(19)20/h7-10,12H,3-6H2,1-2H3,(H,19,20)(H2,15,17,21). The molecule has 0 bridgehead atoms. The smallest absolute Gasteiger partial charge is 0.319 e. The maximum absolute atomic E-state index is 11.8. The van der Waals surface area contributed by atoms with Crippen LogP contribution >= 0.6 is 0 Å². The maximum Gasteiger partial charge on any atom is 0.319 e. The van der Waals surface area contributed by atoms with E-state index in [0.717, 1.165) is 12.8 Å². The molecule has 0 spiro atoms. The summed E-state index contributed by atoms with van der Waals surface area (Å²) in [6.45, 7) is 4.40. The number of carbonyl (C=O) groups is 2. The van der Waals surface area contributed by atoms with Gasteiger partial charge in [-0.2, -0.15) is 5.10 Å². The van der Waals surface area contributed by atoms with Gasteiger partial charge in [-0.15, -0.1) is 0 Å². The largest absolute Gasteiger partial charge is 0.481 e. The van der Waals surface area contributed by atoms with E-state index in [1.807, 2.05) is 13.8 Å². The summed E-state index contributed by atoms with van der Waals surface area (Å²) in [7, 11) is 0. The van der Waals surface area contributed by atoms with Crippen LogP contribution in [0.15, 0.2) is 12.4 Å². The zero-order valence-corrected chi connectivity index (χ0v) is 12.4. The first-order valence-electron chi connectivity index (χ1n) is 7.29. The molecule has 21 heavy (non-hydrogen) atoms.